The predicted molar refractivity (Wildman–Crippen MR) is 60.3 cm³/mol. The van der Waals surface area contributed by atoms with Crippen molar-refractivity contribution in [1.82, 2.24) is 20.2 Å². The monoisotopic (exact) mass is 232 g/mol. The highest BCUT2D eigenvalue weighted by Crippen LogP contribution is 2.15. The standard InChI is InChI=1S/C11H12N4O2/c1-7-3-5-9(6-4-7)10-12-14-15(13-10)8(2)11(16)17/h3-6,8H,1-2H3,(H,16,17). The summed E-state index contributed by atoms with van der Waals surface area (Å²) in [5, 5.41) is 20.4. The van der Waals surface area contributed by atoms with E-state index in [1.165, 1.54) is 6.92 Å². The van der Waals surface area contributed by atoms with E-state index in [9.17, 15) is 4.79 Å². The number of aliphatic carboxylic acids is 1. The van der Waals surface area contributed by atoms with Crippen molar-refractivity contribution in [3.8, 4) is 11.4 Å². The summed E-state index contributed by atoms with van der Waals surface area (Å²) in [4.78, 5) is 11.9. The number of benzene rings is 1. The molecule has 88 valence electrons. The van der Waals surface area contributed by atoms with Gasteiger partial charge in [-0.3, -0.25) is 0 Å². The fourth-order valence-corrected chi connectivity index (χ4v) is 1.31. The molecule has 1 unspecified atom stereocenters. The van der Waals surface area contributed by atoms with Gasteiger partial charge in [0.05, 0.1) is 0 Å². The van der Waals surface area contributed by atoms with Gasteiger partial charge in [0.25, 0.3) is 0 Å². The number of nitrogens with zero attached hydrogens (tertiary/aromatic N) is 4. The molecule has 0 fully saturated rings. The zero-order valence-electron chi connectivity index (χ0n) is 9.53. The average molecular weight is 232 g/mol. The summed E-state index contributed by atoms with van der Waals surface area (Å²) in [5.41, 5.74) is 1.96. The molecular weight excluding hydrogens is 220 g/mol. The molecule has 1 atom stereocenters. The molecule has 1 aromatic carbocycles. The lowest BCUT2D eigenvalue weighted by Gasteiger charge is -2.01. The van der Waals surface area contributed by atoms with Crippen molar-refractivity contribution >= 4 is 5.97 Å². The molecule has 0 aliphatic heterocycles. The molecular formula is C11H12N4O2. The number of carboxylic acid groups (broad SMARTS) is 1. The third-order valence-corrected chi connectivity index (χ3v) is 2.44. The first-order valence-corrected chi connectivity index (χ1v) is 5.17. The van der Waals surface area contributed by atoms with Gasteiger partial charge in [0.1, 0.15) is 0 Å². The van der Waals surface area contributed by atoms with Crippen LogP contribution in [0.1, 0.15) is 18.5 Å². The van der Waals surface area contributed by atoms with Gasteiger partial charge in [-0.05, 0) is 19.1 Å². The molecule has 1 N–H and O–H groups in total. The number of carboxylic acids is 1. The van der Waals surface area contributed by atoms with Gasteiger partial charge in [-0.25, -0.2) is 4.79 Å². The molecule has 0 saturated carbocycles. The van der Waals surface area contributed by atoms with Gasteiger partial charge in [0.15, 0.2) is 6.04 Å². The highest BCUT2D eigenvalue weighted by molar-refractivity contribution is 5.71. The van der Waals surface area contributed by atoms with E-state index in [0.29, 0.717) is 5.82 Å². The van der Waals surface area contributed by atoms with Crippen molar-refractivity contribution in [2.24, 2.45) is 0 Å². The fourth-order valence-electron chi connectivity index (χ4n) is 1.31. The van der Waals surface area contributed by atoms with E-state index >= 15 is 0 Å². The van der Waals surface area contributed by atoms with Gasteiger partial charge < -0.3 is 5.11 Å². The van der Waals surface area contributed by atoms with Gasteiger partial charge in [-0.1, -0.05) is 29.8 Å². The van der Waals surface area contributed by atoms with Crippen molar-refractivity contribution in [3.05, 3.63) is 29.8 Å². The summed E-state index contributed by atoms with van der Waals surface area (Å²) in [6.45, 7) is 3.49. The second kappa shape index (κ2) is 4.32. The van der Waals surface area contributed by atoms with E-state index in [1.54, 1.807) is 0 Å². The van der Waals surface area contributed by atoms with Gasteiger partial charge in [-0.2, -0.15) is 0 Å². The maximum atomic E-state index is 10.8. The highest BCUT2D eigenvalue weighted by atomic mass is 16.4. The van der Waals surface area contributed by atoms with Crippen LogP contribution in [-0.4, -0.2) is 31.3 Å². The van der Waals surface area contributed by atoms with Crippen LogP contribution in [0.25, 0.3) is 11.4 Å². The topological polar surface area (TPSA) is 80.9 Å². The molecule has 0 amide bonds. The zero-order chi connectivity index (χ0) is 12.4. The van der Waals surface area contributed by atoms with Crippen LogP contribution in [0.4, 0.5) is 0 Å². The Labute approximate surface area is 97.9 Å². The second-order valence-electron chi connectivity index (χ2n) is 3.81. The number of hydrogen-bond acceptors (Lipinski definition) is 4. The molecule has 2 aromatic rings. The largest absolute Gasteiger partial charge is 0.480 e. The van der Waals surface area contributed by atoms with Crippen molar-refractivity contribution in [1.29, 1.82) is 0 Å². The molecule has 1 heterocycles. The molecule has 6 nitrogen and oxygen atoms in total. The first-order chi connectivity index (χ1) is 8.08. The molecule has 1 aromatic heterocycles. The molecule has 6 heteroatoms. The lowest BCUT2D eigenvalue weighted by Crippen LogP contribution is -2.18. The summed E-state index contributed by atoms with van der Waals surface area (Å²) in [7, 11) is 0. The van der Waals surface area contributed by atoms with Gasteiger partial charge >= 0.3 is 5.97 Å². The van der Waals surface area contributed by atoms with E-state index in [0.717, 1.165) is 15.9 Å². The Bertz CT molecular complexity index is 533. The fraction of sp³-hybridized carbons (Fsp3) is 0.273. The minimum Gasteiger partial charge on any atom is -0.480 e. The number of tetrazole rings is 1. The first-order valence-electron chi connectivity index (χ1n) is 5.17. The SMILES string of the molecule is Cc1ccc(-c2nnn(C(C)C(=O)O)n2)cc1. The lowest BCUT2D eigenvalue weighted by molar-refractivity contribution is -0.141. The molecule has 0 spiro atoms. The Morgan fingerprint density at radius 1 is 1.35 bits per heavy atom. The third kappa shape index (κ3) is 2.30. The maximum Gasteiger partial charge on any atom is 0.330 e. The molecule has 17 heavy (non-hydrogen) atoms. The van der Waals surface area contributed by atoms with Crippen molar-refractivity contribution in [3.63, 3.8) is 0 Å². The van der Waals surface area contributed by atoms with Crippen LogP contribution in [-0.2, 0) is 4.79 Å². The quantitative estimate of drug-likeness (QED) is 0.862. The molecule has 0 radical (unpaired) electrons. The number of aromatic nitrogens is 4. The lowest BCUT2D eigenvalue weighted by atomic mass is 10.1. The Balaban J connectivity index is 2.29. The molecule has 2 rings (SSSR count). The minimum atomic E-state index is -0.988. The Kier molecular flexibility index (Phi) is 2.86. The van der Waals surface area contributed by atoms with Gasteiger partial charge in [0.2, 0.25) is 5.82 Å². The van der Waals surface area contributed by atoms with E-state index in [2.05, 4.69) is 15.4 Å². The van der Waals surface area contributed by atoms with Crippen molar-refractivity contribution < 1.29 is 9.90 Å². The van der Waals surface area contributed by atoms with Crippen LogP contribution in [0, 0.1) is 6.92 Å². The summed E-state index contributed by atoms with van der Waals surface area (Å²) < 4.78 is 0. The van der Waals surface area contributed by atoms with Crippen molar-refractivity contribution in [2.45, 2.75) is 19.9 Å². The van der Waals surface area contributed by atoms with E-state index in [-0.39, 0.29) is 0 Å². The summed E-state index contributed by atoms with van der Waals surface area (Å²) >= 11 is 0. The summed E-state index contributed by atoms with van der Waals surface area (Å²) in [6, 6.07) is 6.82. The maximum absolute atomic E-state index is 10.8. The second-order valence-corrected chi connectivity index (χ2v) is 3.81. The Morgan fingerprint density at radius 2 is 2.00 bits per heavy atom. The van der Waals surface area contributed by atoms with Crippen LogP contribution in [0.15, 0.2) is 24.3 Å². The number of rotatable bonds is 3. The van der Waals surface area contributed by atoms with Gasteiger partial charge in [-0.15, -0.1) is 15.0 Å². The van der Waals surface area contributed by atoms with Crippen LogP contribution in [0.3, 0.4) is 0 Å². The molecule has 0 saturated heterocycles. The normalized spacial score (nSPS) is 12.4. The Morgan fingerprint density at radius 3 is 2.59 bits per heavy atom. The highest BCUT2D eigenvalue weighted by Gasteiger charge is 2.17. The average Bonchev–Trinajstić information content (AvgIpc) is 2.78. The number of hydrogen-bond donors (Lipinski definition) is 1. The summed E-state index contributed by atoms with van der Waals surface area (Å²) in [6.07, 6.45) is 0. The van der Waals surface area contributed by atoms with E-state index in [4.69, 9.17) is 5.11 Å². The smallest absolute Gasteiger partial charge is 0.330 e. The van der Waals surface area contributed by atoms with Crippen LogP contribution < -0.4 is 0 Å². The van der Waals surface area contributed by atoms with Crippen LogP contribution in [0.5, 0.6) is 0 Å². The van der Waals surface area contributed by atoms with Crippen LogP contribution in [0.2, 0.25) is 0 Å². The number of carbonyl (C=O) groups is 1. The minimum absolute atomic E-state index is 0.429. The summed E-state index contributed by atoms with van der Waals surface area (Å²) in [5.74, 6) is -0.559. The predicted octanol–water partition coefficient (Wildman–Crippen LogP) is 1.29. The van der Waals surface area contributed by atoms with E-state index in [1.807, 2.05) is 31.2 Å². The van der Waals surface area contributed by atoms with Crippen LogP contribution >= 0.6 is 0 Å². The molecule has 0 aliphatic rings. The van der Waals surface area contributed by atoms with Gasteiger partial charge in [0, 0.05) is 5.56 Å². The van der Waals surface area contributed by atoms with Crippen molar-refractivity contribution in [2.75, 3.05) is 0 Å². The molecule has 0 aliphatic carbocycles. The zero-order valence-corrected chi connectivity index (χ0v) is 9.53. The molecule has 0 bridgehead atoms. The Hall–Kier alpha value is -2.24. The first kappa shape index (κ1) is 11.3. The number of aryl methyl sites for hydroxylation is 1. The third-order valence-electron chi connectivity index (χ3n) is 2.44. The van der Waals surface area contributed by atoms with E-state index < -0.39 is 12.0 Å².